The van der Waals surface area contributed by atoms with Crippen molar-refractivity contribution in [1.82, 2.24) is 5.32 Å². The van der Waals surface area contributed by atoms with E-state index in [0.717, 1.165) is 10.3 Å². The molecule has 1 N–H and O–H groups in total. The van der Waals surface area contributed by atoms with Gasteiger partial charge in [0.2, 0.25) is 5.91 Å². The lowest BCUT2D eigenvalue weighted by atomic mass is 9.77. The Balaban J connectivity index is 2.28. The maximum absolute atomic E-state index is 11.3. The third-order valence-corrected chi connectivity index (χ3v) is 5.28. The van der Waals surface area contributed by atoms with Crippen molar-refractivity contribution in [3.8, 4) is 0 Å². The molecule has 0 saturated carbocycles. The van der Waals surface area contributed by atoms with E-state index in [2.05, 4.69) is 29.8 Å². The summed E-state index contributed by atoms with van der Waals surface area (Å²) in [6.07, 6.45) is 2.07. The third kappa shape index (κ3) is 3.62. The molecule has 4 nitrogen and oxygen atoms in total. The van der Waals surface area contributed by atoms with Crippen LogP contribution in [0.15, 0.2) is 16.9 Å². The lowest BCUT2D eigenvalue weighted by Gasteiger charge is -2.32. The molecule has 22 heavy (non-hydrogen) atoms. The fraction of sp³-hybridized carbons (Fsp3) is 0.562. The van der Waals surface area contributed by atoms with Crippen molar-refractivity contribution in [2.45, 2.75) is 52.7 Å². The molecule has 1 aromatic heterocycles. The first kappa shape index (κ1) is 17.3. The lowest BCUT2D eigenvalue weighted by Crippen LogP contribution is -2.41. The molecular weight excluding hydrogens is 297 g/mol. The summed E-state index contributed by atoms with van der Waals surface area (Å²) in [4.78, 5) is 12.4. The summed E-state index contributed by atoms with van der Waals surface area (Å²) in [5.41, 5.74) is 1.36. The summed E-state index contributed by atoms with van der Waals surface area (Å²) < 4.78 is 12.2. The van der Waals surface area contributed by atoms with Gasteiger partial charge in [0.15, 0.2) is 0 Å². The Morgan fingerprint density at radius 2 is 1.91 bits per heavy atom. The van der Waals surface area contributed by atoms with E-state index in [1.165, 1.54) is 12.5 Å². The van der Waals surface area contributed by atoms with E-state index in [9.17, 15) is 4.79 Å². The number of carbonyl (C=O) groups is 1. The minimum absolute atomic E-state index is 0.0645. The van der Waals surface area contributed by atoms with Crippen LogP contribution in [0, 0.1) is 6.92 Å². The predicted molar refractivity (Wildman–Crippen MR) is 91.8 cm³/mol. The Morgan fingerprint density at radius 1 is 1.32 bits per heavy atom. The molecule has 0 radical (unpaired) electrons. The van der Waals surface area contributed by atoms with Crippen LogP contribution in [0.1, 0.15) is 45.1 Å². The minimum Gasteiger partial charge on any atom is -0.400 e. The maximum atomic E-state index is 11.3. The third-order valence-electron chi connectivity index (χ3n) is 4.32. The molecule has 1 aromatic rings. The van der Waals surface area contributed by atoms with Crippen LogP contribution in [0.25, 0.3) is 6.08 Å². The van der Waals surface area contributed by atoms with Gasteiger partial charge in [0.1, 0.15) is 0 Å². The fourth-order valence-electron chi connectivity index (χ4n) is 2.12. The van der Waals surface area contributed by atoms with E-state index in [1.807, 2.05) is 27.7 Å². The summed E-state index contributed by atoms with van der Waals surface area (Å²) in [6.45, 7) is 12.1. The van der Waals surface area contributed by atoms with Crippen molar-refractivity contribution >= 4 is 30.4 Å². The summed E-state index contributed by atoms with van der Waals surface area (Å²) in [7, 11) is -0.446. The van der Waals surface area contributed by atoms with Gasteiger partial charge in [-0.05, 0) is 63.2 Å². The molecule has 0 atom stereocenters. The first-order valence-electron chi connectivity index (χ1n) is 7.47. The number of carbonyl (C=O) groups excluding carboxylic acids is 1. The topological polar surface area (TPSA) is 47.6 Å². The highest BCUT2D eigenvalue weighted by atomic mass is 32.1. The van der Waals surface area contributed by atoms with Gasteiger partial charge < -0.3 is 14.6 Å². The van der Waals surface area contributed by atoms with E-state index in [1.54, 1.807) is 11.3 Å². The molecule has 6 heteroatoms. The monoisotopic (exact) mass is 321 g/mol. The molecule has 1 aliphatic heterocycles. The molecule has 2 rings (SSSR count). The average molecular weight is 321 g/mol. The molecular formula is C16H24BNO3S. The maximum Gasteiger partial charge on any atom is 0.492 e. The van der Waals surface area contributed by atoms with Gasteiger partial charge in [-0.2, -0.15) is 0 Å². The zero-order valence-corrected chi connectivity index (χ0v) is 15.0. The standard InChI is InChI=1S/C16H24BNO3S/c1-11-7-8-22-14(11)9-13(10-18-12(2)19)17-20-15(3,4)16(5,6)21-17/h7-9H,10H2,1-6H3,(H,18,19). The first-order chi connectivity index (χ1) is 10.1. The highest BCUT2D eigenvalue weighted by Crippen LogP contribution is 2.39. The number of nitrogens with one attached hydrogen (secondary N) is 1. The highest BCUT2D eigenvalue weighted by Gasteiger charge is 2.52. The Morgan fingerprint density at radius 3 is 2.36 bits per heavy atom. The zero-order chi connectivity index (χ0) is 16.5. The molecule has 1 saturated heterocycles. The SMILES string of the molecule is CC(=O)NCC(=Cc1sccc1C)B1OC(C)(C)C(C)(C)O1. The van der Waals surface area contributed by atoms with Crippen molar-refractivity contribution in [3.05, 3.63) is 27.4 Å². The predicted octanol–water partition coefficient (Wildman–Crippen LogP) is 3.21. The second kappa shape index (κ2) is 6.18. The number of amides is 1. The lowest BCUT2D eigenvalue weighted by molar-refractivity contribution is -0.118. The number of hydrogen-bond acceptors (Lipinski definition) is 4. The van der Waals surface area contributed by atoms with E-state index in [-0.39, 0.29) is 5.91 Å². The van der Waals surface area contributed by atoms with Gasteiger partial charge in [0, 0.05) is 18.3 Å². The van der Waals surface area contributed by atoms with Crippen LogP contribution in [-0.4, -0.2) is 30.8 Å². The van der Waals surface area contributed by atoms with Crippen LogP contribution in [-0.2, 0) is 14.1 Å². The molecule has 1 aliphatic rings. The van der Waals surface area contributed by atoms with Crippen molar-refractivity contribution in [2.24, 2.45) is 0 Å². The van der Waals surface area contributed by atoms with Crippen LogP contribution >= 0.6 is 11.3 Å². The molecule has 0 spiro atoms. The van der Waals surface area contributed by atoms with Crippen molar-refractivity contribution in [3.63, 3.8) is 0 Å². The van der Waals surface area contributed by atoms with Crippen LogP contribution in [0.5, 0.6) is 0 Å². The highest BCUT2D eigenvalue weighted by molar-refractivity contribution is 7.11. The largest absolute Gasteiger partial charge is 0.492 e. The van der Waals surface area contributed by atoms with Gasteiger partial charge >= 0.3 is 7.12 Å². The van der Waals surface area contributed by atoms with Crippen LogP contribution in [0.3, 0.4) is 0 Å². The molecule has 1 fully saturated rings. The van der Waals surface area contributed by atoms with Crippen molar-refractivity contribution < 1.29 is 14.1 Å². The number of hydrogen-bond donors (Lipinski definition) is 1. The number of thiophene rings is 1. The molecule has 120 valence electrons. The van der Waals surface area contributed by atoms with E-state index in [4.69, 9.17) is 9.31 Å². The molecule has 2 heterocycles. The van der Waals surface area contributed by atoms with E-state index < -0.39 is 18.3 Å². The van der Waals surface area contributed by atoms with E-state index in [0.29, 0.717) is 6.54 Å². The summed E-state index contributed by atoms with van der Waals surface area (Å²) in [5, 5.41) is 4.90. The van der Waals surface area contributed by atoms with Gasteiger partial charge in [-0.25, -0.2) is 0 Å². The van der Waals surface area contributed by atoms with Crippen molar-refractivity contribution in [2.75, 3.05) is 6.54 Å². The zero-order valence-electron chi connectivity index (χ0n) is 14.1. The Hall–Kier alpha value is -1.11. The summed E-state index contributed by atoms with van der Waals surface area (Å²) in [6, 6.07) is 2.08. The summed E-state index contributed by atoms with van der Waals surface area (Å²) >= 11 is 1.67. The average Bonchev–Trinajstić information content (AvgIpc) is 2.86. The van der Waals surface area contributed by atoms with E-state index >= 15 is 0 Å². The fourth-order valence-corrected chi connectivity index (χ4v) is 3.02. The smallest absolute Gasteiger partial charge is 0.400 e. The Labute approximate surface area is 137 Å². The molecule has 0 aliphatic carbocycles. The van der Waals surface area contributed by atoms with Gasteiger partial charge in [0.05, 0.1) is 11.2 Å². The van der Waals surface area contributed by atoms with Crippen molar-refractivity contribution in [1.29, 1.82) is 0 Å². The Bertz CT molecular complexity index is 576. The minimum atomic E-state index is -0.446. The van der Waals surface area contributed by atoms with Crippen LogP contribution < -0.4 is 5.32 Å². The first-order valence-corrected chi connectivity index (χ1v) is 8.35. The second-order valence-electron chi connectivity index (χ2n) is 6.69. The van der Waals surface area contributed by atoms with Crippen LogP contribution in [0.4, 0.5) is 0 Å². The van der Waals surface area contributed by atoms with Gasteiger partial charge in [0.25, 0.3) is 0 Å². The normalized spacial score (nSPS) is 20.3. The molecule has 0 bridgehead atoms. The molecule has 0 aromatic carbocycles. The number of aryl methyl sites for hydroxylation is 1. The van der Waals surface area contributed by atoms with Crippen LogP contribution in [0.2, 0.25) is 0 Å². The summed E-state index contributed by atoms with van der Waals surface area (Å²) in [5.74, 6) is -0.0645. The quantitative estimate of drug-likeness (QED) is 0.866. The van der Waals surface area contributed by atoms with Gasteiger partial charge in [-0.1, -0.05) is 0 Å². The van der Waals surface area contributed by atoms with Gasteiger partial charge in [-0.3, -0.25) is 4.79 Å². The molecule has 1 amide bonds. The number of rotatable bonds is 4. The Kier molecular flexibility index (Phi) is 4.85. The molecule has 0 unspecified atom stereocenters. The van der Waals surface area contributed by atoms with Gasteiger partial charge in [-0.15, -0.1) is 11.3 Å². The second-order valence-corrected chi connectivity index (χ2v) is 7.63.